The zero-order chi connectivity index (χ0) is 26.7. The molecule has 5 rings (SSSR count). The van der Waals surface area contributed by atoms with Crippen molar-refractivity contribution >= 4 is 51.7 Å². The molecule has 1 atom stereocenters. The summed E-state index contributed by atoms with van der Waals surface area (Å²) in [5.41, 5.74) is -1.99. The van der Waals surface area contributed by atoms with Crippen LogP contribution in [0.5, 0.6) is 17.2 Å². The number of carbonyl (C=O) groups excluding carboxylic acids is 2. The number of nitrogens with one attached hydrogen (secondary N) is 1. The Labute approximate surface area is 225 Å². The van der Waals surface area contributed by atoms with E-state index in [2.05, 4.69) is 15.0 Å². The first kappa shape index (κ1) is 25.8. The normalized spacial score (nSPS) is 17.2. The fourth-order valence-electron chi connectivity index (χ4n) is 3.85. The van der Waals surface area contributed by atoms with Crippen LogP contribution in [0.4, 0.5) is 20.2 Å². The number of hydrogen-bond donors (Lipinski definition) is 1. The molecule has 0 aromatic heterocycles. The molecular weight excluding hydrogens is 540 g/mol. The van der Waals surface area contributed by atoms with Gasteiger partial charge < -0.3 is 19.5 Å². The Balaban J connectivity index is 1.32. The fraction of sp³-hybridized carbons (Fsp3) is 0.192. The molecule has 0 bridgehead atoms. The first-order valence-electron chi connectivity index (χ1n) is 11.4. The lowest BCUT2D eigenvalue weighted by Gasteiger charge is -2.17. The number of fused-ring (bicyclic) bond motifs is 1. The summed E-state index contributed by atoms with van der Waals surface area (Å²) in [5, 5.41) is 2.94. The van der Waals surface area contributed by atoms with Gasteiger partial charge in [-0.25, -0.2) is 4.90 Å². The minimum Gasteiger partial charge on any atom is -0.454 e. The second-order valence-corrected chi connectivity index (χ2v) is 9.85. The molecule has 8 nitrogen and oxygen atoms in total. The number of rotatable bonds is 7. The molecule has 2 aliphatic rings. The maximum atomic E-state index is 13.2. The molecule has 0 radical (unpaired) electrons. The maximum absolute atomic E-state index is 13.2. The molecule has 0 saturated carbocycles. The Morgan fingerprint density at radius 1 is 1.08 bits per heavy atom. The molecule has 1 fully saturated rings. The number of amidine groups is 1. The highest BCUT2D eigenvalue weighted by Crippen LogP contribution is 2.34. The Hall–Kier alpha value is -3.83. The fourth-order valence-corrected chi connectivity index (χ4v) is 4.96. The van der Waals surface area contributed by atoms with Gasteiger partial charge in [-0.2, -0.15) is 0 Å². The van der Waals surface area contributed by atoms with Crippen molar-refractivity contribution < 1.29 is 32.6 Å². The van der Waals surface area contributed by atoms with Crippen molar-refractivity contribution in [3.05, 3.63) is 78.4 Å². The minimum atomic E-state index is -3.87. The van der Waals surface area contributed by atoms with Gasteiger partial charge in [0.25, 0.3) is 0 Å². The number of imide groups is 1. The van der Waals surface area contributed by atoms with Gasteiger partial charge in [-0.1, -0.05) is 36.0 Å². The van der Waals surface area contributed by atoms with Gasteiger partial charge in [0.2, 0.25) is 18.6 Å². The molecular formula is C26H20ClF2N3O5S. The van der Waals surface area contributed by atoms with Gasteiger partial charge in [-0.15, -0.1) is 8.78 Å². The molecule has 12 heteroatoms. The smallest absolute Gasteiger partial charge is 0.454 e. The van der Waals surface area contributed by atoms with Crippen LogP contribution in [0.1, 0.15) is 12.0 Å². The van der Waals surface area contributed by atoms with E-state index in [0.717, 1.165) is 27.9 Å². The topological polar surface area (TPSA) is 89.5 Å². The Morgan fingerprint density at radius 3 is 2.55 bits per heavy atom. The van der Waals surface area contributed by atoms with Gasteiger partial charge in [0.1, 0.15) is 11.0 Å². The number of thioether (sulfide) groups is 1. The lowest BCUT2D eigenvalue weighted by molar-refractivity contribution is -0.121. The molecule has 38 heavy (non-hydrogen) atoms. The summed E-state index contributed by atoms with van der Waals surface area (Å²) in [6.07, 6.45) is -0.0545. The molecule has 0 aliphatic carbocycles. The predicted octanol–water partition coefficient (Wildman–Crippen LogP) is 5.62. The maximum Gasteiger partial charge on any atom is 0.487 e. The van der Waals surface area contributed by atoms with Crippen molar-refractivity contribution in [2.45, 2.75) is 23.8 Å². The average molecular weight is 560 g/mol. The summed E-state index contributed by atoms with van der Waals surface area (Å²) in [5.74, 6) is 0.242. The average Bonchev–Trinajstić information content (AvgIpc) is 3.46. The second-order valence-electron chi connectivity index (χ2n) is 8.22. The molecule has 3 aromatic carbocycles. The number of hydrogen-bond acceptors (Lipinski definition) is 7. The summed E-state index contributed by atoms with van der Waals surface area (Å²) >= 11 is 5.93. The van der Waals surface area contributed by atoms with E-state index in [1.54, 1.807) is 0 Å². The molecule has 196 valence electrons. The van der Waals surface area contributed by atoms with Gasteiger partial charge in [0.15, 0.2) is 16.7 Å². The van der Waals surface area contributed by atoms with Crippen LogP contribution in [0.2, 0.25) is 0 Å². The quantitative estimate of drug-likeness (QED) is 0.174. The van der Waals surface area contributed by atoms with Crippen molar-refractivity contribution in [3.8, 4) is 17.2 Å². The van der Waals surface area contributed by atoms with E-state index in [9.17, 15) is 18.4 Å². The summed E-state index contributed by atoms with van der Waals surface area (Å²) in [6.45, 7) is 0.464. The monoisotopic (exact) mass is 559 g/mol. The van der Waals surface area contributed by atoms with Crippen LogP contribution in [-0.4, -0.2) is 34.6 Å². The number of benzene rings is 3. The number of alkyl halides is 3. The predicted molar refractivity (Wildman–Crippen MR) is 140 cm³/mol. The molecule has 0 unspecified atom stereocenters. The number of para-hydroxylation sites is 1. The highest BCUT2D eigenvalue weighted by atomic mass is 35.5. The zero-order valence-corrected chi connectivity index (χ0v) is 21.2. The Bertz CT molecular complexity index is 1370. The van der Waals surface area contributed by atoms with E-state index < -0.39 is 22.6 Å². The van der Waals surface area contributed by atoms with Crippen molar-refractivity contribution in [2.24, 2.45) is 4.99 Å². The van der Waals surface area contributed by atoms with Crippen molar-refractivity contribution in [3.63, 3.8) is 0 Å². The van der Waals surface area contributed by atoms with Crippen molar-refractivity contribution in [2.75, 3.05) is 17.0 Å². The van der Waals surface area contributed by atoms with Gasteiger partial charge in [0, 0.05) is 23.7 Å². The number of aliphatic imine (C=N–C) groups is 1. The van der Waals surface area contributed by atoms with Crippen LogP contribution >= 0.6 is 23.4 Å². The van der Waals surface area contributed by atoms with E-state index in [-0.39, 0.29) is 24.7 Å². The highest BCUT2D eigenvalue weighted by Gasteiger charge is 2.41. The Morgan fingerprint density at radius 2 is 1.82 bits per heavy atom. The molecule has 3 aromatic rings. The van der Waals surface area contributed by atoms with E-state index >= 15 is 0 Å². The van der Waals surface area contributed by atoms with Crippen LogP contribution in [0.3, 0.4) is 0 Å². The van der Waals surface area contributed by atoms with Gasteiger partial charge in [0.05, 0.1) is 12.2 Å². The van der Waals surface area contributed by atoms with E-state index in [4.69, 9.17) is 21.1 Å². The third-order valence-electron chi connectivity index (χ3n) is 5.55. The van der Waals surface area contributed by atoms with Crippen molar-refractivity contribution in [1.82, 2.24) is 0 Å². The molecule has 2 heterocycles. The summed E-state index contributed by atoms with van der Waals surface area (Å²) in [4.78, 5) is 31.7. The van der Waals surface area contributed by atoms with Crippen LogP contribution < -0.4 is 24.4 Å². The third kappa shape index (κ3) is 6.17. The lowest BCUT2D eigenvalue weighted by atomic mass is 10.2. The lowest BCUT2D eigenvalue weighted by Crippen LogP contribution is -2.31. The van der Waals surface area contributed by atoms with Crippen LogP contribution in [-0.2, 0) is 16.1 Å². The minimum absolute atomic E-state index is 0.0545. The van der Waals surface area contributed by atoms with Crippen molar-refractivity contribution in [1.29, 1.82) is 0 Å². The first-order valence-corrected chi connectivity index (χ1v) is 12.7. The van der Waals surface area contributed by atoms with E-state index in [0.29, 0.717) is 23.2 Å². The van der Waals surface area contributed by atoms with E-state index in [1.807, 2.05) is 48.5 Å². The van der Waals surface area contributed by atoms with E-state index in [1.165, 1.54) is 24.3 Å². The molecule has 1 saturated heterocycles. The van der Waals surface area contributed by atoms with Gasteiger partial charge >= 0.3 is 5.57 Å². The number of carbonyl (C=O) groups is 2. The number of anilines is 2. The first-order chi connectivity index (χ1) is 18.2. The molecule has 2 amide bonds. The zero-order valence-electron chi connectivity index (χ0n) is 19.6. The molecule has 1 N–H and O–H groups in total. The van der Waals surface area contributed by atoms with Crippen LogP contribution in [0.15, 0.2) is 77.8 Å². The standard InChI is InChI=1S/C26H20ClF2N3O5S/c27-26(28,29)37-19-9-7-18(8-10-19)32-23(33)13-22(24(32)34)38-25(31-17-4-2-1-3-5-17)30-14-16-6-11-20-21(12-16)36-15-35-20/h1-12,22H,13-15H2,(H,30,31)/t22-/m0/s1. The number of amides is 2. The van der Waals surface area contributed by atoms with Gasteiger partial charge in [-0.3, -0.25) is 14.6 Å². The Kier molecular flexibility index (Phi) is 7.39. The van der Waals surface area contributed by atoms with Crippen LogP contribution in [0.25, 0.3) is 0 Å². The SMILES string of the molecule is O=C1C[C@H](SC(=NCc2ccc3c(c2)OCO3)Nc2ccccc2)C(=O)N1c1ccc(OC(F)(F)Cl)cc1. The third-order valence-corrected chi connectivity index (χ3v) is 6.74. The number of nitrogens with zero attached hydrogens (tertiary/aromatic N) is 2. The summed E-state index contributed by atoms with van der Waals surface area (Å²) in [7, 11) is 0. The molecule has 0 spiro atoms. The summed E-state index contributed by atoms with van der Waals surface area (Å²) in [6, 6.07) is 20.0. The largest absolute Gasteiger partial charge is 0.487 e. The highest BCUT2D eigenvalue weighted by molar-refractivity contribution is 8.15. The molecule has 2 aliphatic heterocycles. The van der Waals surface area contributed by atoms with Gasteiger partial charge in [-0.05, 0) is 54.1 Å². The summed E-state index contributed by atoms with van der Waals surface area (Å²) < 4.78 is 40.8. The second kappa shape index (κ2) is 10.9. The number of ether oxygens (including phenoxy) is 3. The number of halogens is 3. The van der Waals surface area contributed by atoms with Crippen LogP contribution in [0, 0.1) is 0 Å².